The Kier molecular flexibility index (Phi) is 4.36. The van der Waals surface area contributed by atoms with Crippen molar-refractivity contribution >= 4 is 34.1 Å². The zero-order valence-electron chi connectivity index (χ0n) is 13.8. The molecule has 0 aliphatic carbocycles. The Balaban J connectivity index is 2.13. The van der Waals surface area contributed by atoms with Crippen molar-refractivity contribution in [2.75, 3.05) is 0 Å². The standard InChI is InChI=1S/C19H14Cl2N4O/c1-10-2-5-16-13(6-10)17(19-22-9-23-25-19)14(8-26)18(24-16)12-4-3-11(20)7-15(12)21/h2-7,9,26H,8H2,1H3,(H,22,23,25). The molecule has 4 aromatic rings. The van der Waals surface area contributed by atoms with Gasteiger partial charge in [0.1, 0.15) is 6.33 Å². The van der Waals surface area contributed by atoms with E-state index in [4.69, 9.17) is 28.2 Å². The van der Waals surface area contributed by atoms with E-state index in [1.54, 1.807) is 18.2 Å². The molecule has 0 aliphatic rings. The first kappa shape index (κ1) is 17.0. The van der Waals surface area contributed by atoms with Gasteiger partial charge in [-0.25, -0.2) is 9.97 Å². The largest absolute Gasteiger partial charge is 0.392 e. The lowest BCUT2D eigenvalue weighted by molar-refractivity contribution is 0.282. The maximum atomic E-state index is 10.2. The number of aromatic nitrogens is 4. The zero-order chi connectivity index (χ0) is 18.3. The fraction of sp³-hybridized carbons (Fsp3) is 0.105. The number of aliphatic hydroxyl groups excluding tert-OH is 1. The summed E-state index contributed by atoms with van der Waals surface area (Å²) in [5, 5.41) is 18.9. The third-order valence-corrected chi connectivity index (χ3v) is 4.79. The van der Waals surface area contributed by atoms with E-state index in [9.17, 15) is 5.11 Å². The zero-order valence-corrected chi connectivity index (χ0v) is 15.3. The molecule has 5 nitrogen and oxygen atoms in total. The molecule has 0 aliphatic heterocycles. The Labute approximate surface area is 159 Å². The number of aliphatic hydroxyl groups is 1. The lowest BCUT2D eigenvalue weighted by Crippen LogP contribution is -2.01. The molecule has 0 bridgehead atoms. The van der Waals surface area contributed by atoms with E-state index in [0.717, 1.165) is 22.0 Å². The lowest BCUT2D eigenvalue weighted by atomic mass is 9.95. The highest BCUT2D eigenvalue weighted by Gasteiger charge is 2.20. The van der Waals surface area contributed by atoms with Crippen LogP contribution in [0.4, 0.5) is 0 Å². The predicted molar refractivity (Wildman–Crippen MR) is 103 cm³/mol. The minimum absolute atomic E-state index is 0.221. The van der Waals surface area contributed by atoms with Crippen LogP contribution < -0.4 is 0 Å². The molecule has 0 saturated carbocycles. The van der Waals surface area contributed by atoms with E-state index in [1.165, 1.54) is 6.33 Å². The summed E-state index contributed by atoms with van der Waals surface area (Å²) in [5.41, 5.74) is 4.55. The van der Waals surface area contributed by atoms with Gasteiger partial charge in [0.15, 0.2) is 5.82 Å². The van der Waals surface area contributed by atoms with Gasteiger partial charge in [0.05, 0.1) is 22.8 Å². The second-order valence-electron chi connectivity index (χ2n) is 5.95. The highest BCUT2D eigenvalue weighted by molar-refractivity contribution is 6.36. The molecule has 2 heterocycles. The first-order valence-corrected chi connectivity index (χ1v) is 8.69. The monoisotopic (exact) mass is 384 g/mol. The Morgan fingerprint density at radius 2 is 1.96 bits per heavy atom. The van der Waals surface area contributed by atoms with E-state index < -0.39 is 0 Å². The molecule has 0 spiro atoms. The fourth-order valence-corrected chi connectivity index (χ4v) is 3.57. The normalized spacial score (nSPS) is 11.2. The van der Waals surface area contributed by atoms with Gasteiger partial charge < -0.3 is 5.11 Å². The topological polar surface area (TPSA) is 74.7 Å². The van der Waals surface area contributed by atoms with Gasteiger partial charge in [0, 0.05) is 27.1 Å². The van der Waals surface area contributed by atoms with Gasteiger partial charge in [-0.2, -0.15) is 5.10 Å². The molecule has 0 saturated heterocycles. The number of fused-ring (bicyclic) bond motifs is 1. The third kappa shape index (κ3) is 2.84. The highest BCUT2D eigenvalue weighted by Crippen LogP contribution is 2.38. The van der Waals surface area contributed by atoms with Gasteiger partial charge in [-0.1, -0.05) is 34.8 Å². The van der Waals surface area contributed by atoms with E-state index in [1.807, 2.05) is 25.1 Å². The summed E-state index contributed by atoms with van der Waals surface area (Å²) in [6, 6.07) is 11.2. The number of benzene rings is 2. The van der Waals surface area contributed by atoms with Crippen LogP contribution in [-0.4, -0.2) is 25.3 Å². The molecular weight excluding hydrogens is 371 g/mol. The quantitative estimate of drug-likeness (QED) is 0.532. The molecule has 0 atom stereocenters. The Morgan fingerprint density at radius 1 is 1.12 bits per heavy atom. The minimum atomic E-state index is -0.221. The average molecular weight is 385 g/mol. The SMILES string of the molecule is Cc1ccc2nc(-c3ccc(Cl)cc3Cl)c(CO)c(-c3ncn[nH]3)c2c1. The number of nitrogens with one attached hydrogen (secondary N) is 1. The molecule has 7 heteroatoms. The van der Waals surface area contributed by atoms with Crippen LogP contribution in [0, 0.1) is 6.92 Å². The predicted octanol–water partition coefficient (Wildman–Crippen LogP) is 4.79. The maximum Gasteiger partial charge on any atom is 0.156 e. The average Bonchev–Trinajstić information content (AvgIpc) is 3.14. The van der Waals surface area contributed by atoms with Gasteiger partial charge in [-0.15, -0.1) is 0 Å². The summed E-state index contributed by atoms with van der Waals surface area (Å²) < 4.78 is 0. The number of aryl methyl sites for hydroxylation is 1. The van der Waals surface area contributed by atoms with Crippen LogP contribution >= 0.6 is 23.2 Å². The van der Waals surface area contributed by atoms with E-state index >= 15 is 0 Å². The fourth-order valence-electron chi connectivity index (χ4n) is 3.07. The van der Waals surface area contributed by atoms with Crippen LogP contribution in [0.25, 0.3) is 33.5 Å². The van der Waals surface area contributed by atoms with Crippen LogP contribution in [0.15, 0.2) is 42.7 Å². The Hall–Kier alpha value is -2.47. The smallest absolute Gasteiger partial charge is 0.156 e. The molecule has 0 radical (unpaired) electrons. The molecule has 0 unspecified atom stereocenters. The summed E-state index contributed by atoms with van der Waals surface area (Å²) in [7, 11) is 0. The van der Waals surface area contributed by atoms with Crippen molar-refractivity contribution in [2.45, 2.75) is 13.5 Å². The number of hydrogen-bond acceptors (Lipinski definition) is 4. The van der Waals surface area contributed by atoms with Crippen molar-refractivity contribution in [3.05, 3.63) is 63.9 Å². The molecule has 26 heavy (non-hydrogen) atoms. The number of pyridine rings is 1. The van der Waals surface area contributed by atoms with Gasteiger partial charge in [-0.3, -0.25) is 5.10 Å². The number of rotatable bonds is 3. The summed E-state index contributed by atoms with van der Waals surface area (Å²) >= 11 is 12.4. The van der Waals surface area contributed by atoms with Crippen LogP contribution in [-0.2, 0) is 6.61 Å². The van der Waals surface area contributed by atoms with Crippen LogP contribution in [0.3, 0.4) is 0 Å². The third-order valence-electron chi connectivity index (χ3n) is 4.24. The molecule has 0 fully saturated rings. The van der Waals surface area contributed by atoms with Crippen molar-refractivity contribution < 1.29 is 5.11 Å². The summed E-state index contributed by atoms with van der Waals surface area (Å²) in [4.78, 5) is 9.06. The van der Waals surface area contributed by atoms with Crippen LogP contribution in [0.2, 0.25) is 10.0 Å². The Morgan fingerprint density at radius 3 is 2.65 bits per heavy atom. The minimum Gasteiger partial charge on any atom is -0.392 e. The number of halogens is 2. The van der Waals surface area contributed by atoms with Crippen LogP contribution in [0.5, 0.6) is 0 Å². The molecule has 2 N–H and O–H groups in total. The first-order valence-electron chi connectivity index (χ1n) is 7.93. The van der Waals surface area contributed by atoms with Crippen molar-refractivity contribution in [2.24, 2.45) is 0 Å². The first-order chi connectivity index (χ1) is 12.6. The number of nitrogens with zero attached hydrogens (tertiary/aromatic N) is 3. The lowest BCUT2D eigenvalue weighted by Gasteiger charge is -2.16. The second-order valence-corrected chi connectivity index (χ2v) is 6.79. The number of aromatic amines is 1. The summed E-state index contributed by atoms with van der Waals surface area (Å²) in [6.45, 7) is 1.79. The van der Waals surface area contributed by atoms with Crippen LogP contribution in [0.1, 0.15) is 11.1 Å². The molecular formula is C19H14Cl2N4O. The van der Waals surface area contributed by atoms with E-state index in [2.05, 4.69) is 15.2 Å². The molecule has 0 amide bonds. The van der Waals surface area contributed by atoms with Crippen molar-refractivity contribution in [3.8, 4) is 22.6 Å². The van der Waals surface area contributed by atoms with E-state index in [0.29, 0.717) is 32.7 Å². The van der Waals surface area contributed by atoms with E-state index in [-0.39, 0.29) is 6.61 Å². The molecule has 4 rings (SSSR count). The van der Waals surface area contributed by atoms with Gasteiger partial charge in [-0.05, 0) is 37.3 Å². The van der Waals surface area contributed by atoms with Gasteiger partial charge in [0.2, 0.25) is 0 Å². The van der Waals surface area contributed by atoms with Crippen molar-refractivity contribution in [3.63, 3.8) is 0 Å². The second kappa shape index (κ2) is 6.68. The highest BCUT2D eigenvalue weighted by atomic mass is 35.5. The molecule has 2 aromatic heterocycles. The van der Waals surface area contributed by atoms with Crippen molar-refractivity contribution in [1.82, 2.24) is 20.2 Å². The van der Waals surface area contributed by atoms with Gasteiger partial charge in [0.25, 0.3) is 0 Å². The summed E-state index contributed by atoms with van der Waals surface area (Å²) in [6.07, 6.45) is 1.44. The molecule has 2 aromatic carbocycles. The van der Waals surface area contributed by atoms with Crippen molar-refractivity contribution in [1.29, 1.82) is 0 Å². The number of H-pyrrole nitrogens is 1. The maximum absolute atomic E-state index is 10.2. The Bertz CT molecular complexity index is 1110. The number of hydrogen-bond donors (Lipinski definition) is 2. The summed E-state index contributed by atoms with van der Waals surface area (Å²) in [5.74, 6) is 0.568. The van der Waals surface area contributed by atoms with Gasteiger partial charge >= 0.3 is 0 Å². The molecule has 130 valence electrons.